The molecule has 0 bridgehead atoms. The van der Waals surface area contributed by atoms with Crippen LogP contribution in [0.5, 0.6) is 5.75 Å². The van der Waals surface area contributed by atoms with E-state index in [0.717, 1.165) is 44.8 Å². The predicted octanol–water partition coefficient (Wildman–Crippen LogP) is 1.81. The number of ether oxygens (including phenoxy) is 2. The molecule has 2 aliphatic heterocycles. The van der Waals surface area contributed by atoms with Crippen LogP contribution in [0.3, 0.4) is 0 Å². The van der Waals surface area contributed by atoms with Crippen LogP contribution in [0, 0.1) is 5.92 Å². The molecule has 2 heterocycles. The van der Waals surface area contributed by atoms with E-state index >= 15 is 0 Å². The van der Waals surface area contributed by atoms with Crippen molar-refractivity contribution in [3.8, 4) is 5.75 Å². The van der Waals surface area contributed by atoms with Crippen molar-refractivity contribution < 1.29 is 9.47 Å². The molecule has 3 N–H and O–H groups in total. The molecule has 3 rings (SSSR count). The van der Waals surface area contributed by atoms with Gasteiger partial charge in [-0.3, -0.25) is 11.3 Å². The van der Waals surface area contributed by atoms with Crippen LogP contribution in [-0.2, 0) is 4.74 Å². The van der Waals surface area contributed by atoms with Crippen LogP contribution in [0.4, 0.5) is 0 Å². The fraction of sp³-hybridized carbons (Fsp3) is 0.600. The van der Waals surface area contributed by atoms with Crippen molar-refractivity contribution in [1.82, 2.24) is 5.43 Å². The summed E-state index contributed by atoms with van der Waals surface area (Å²) in [6, 6.07) is 8.65. The smallest absolute Gasteiger partial charge is 0.122 e. The Morgan fingerprint density at radius 3 is 2.68 bits per heavy atom. The molecule has 0 aliphatic carbocycles. The average molecular weight is 262 g/mol. The summed E-state index contributed by atoms with van der Waals surface area (Å²) in [4.78, 5) is 0. The molecule has 4 nitrogen and oxygen atoms in total. The largest absolute Gasteiger partial charge is 0.493 e. The zero-order valence-electron chi connectivity index (χ0n) is 11.2. The first-order valence-corrected chi connectivity index (χ1v) is 7.15. The Hall–Kier alpha value is -1.10. The van der Waals surface area contributed by atoms with Gasteiger partial charge in [0.2, 0.25) is 0 Å². The molecule has 0 aromatic heterocycles. The molecule has 0 spiro atoms. The Kier molecular flexibility index (Phi) is 4.01. The lowest BCUT2D eigenvalue weighted by atomic mass is 9.78. The summed E-state index contributed by atoms with van der Waals surface area (Å²) in [5.41, 5.74) is 4.37. The number of hydrogen-bond donors (Lipinski definition) is 2. The van der Waals surface area contributed by atoms with Crippen molar-refractivity contribution in [3.05, 3.63) is 29.8 Å². The molecule has 19 heavy (non-hydrogen) atoms. The molecular weight excluding hydrogens is 240 g/mol. The maximum absolute atomic E-state index is 5.86. The first-order chi connectivity index (χ1) is 9.40. The van der Waals surface area contributed by atoms with Gasteiger partial charge in [0, 0.05) is 25.2 Å². The van der Waals surface area contributed by atoms with Crippen LogP contribution in [0.15, 0.2) is 24.3 Å². The van der Waals surface area contributed by atoms with Crippen molar-refractivity contribution in [2.45, 2.75) is 31.2 Å². The SMILES string of the molecule is NNC(C1CCOCC1)C1CCOc2ccccc21. The molecular formula is C15H22N2O2. The van der Waals surface area contributed by atoms with Crippen LogP contribution in [0.1, 0.15) is 30.7 Å². The van der Waals surface area contributed by atoms with E-state index in [1.165, 1.54) is 5.56 Å². The molecule has 2 atom stereocenters. The number of benzene rings is 1. The van der Waals surface area contributed by atoms with Gasteiger partial charge < -0.3 is 9.47 Å². The number of fused-ring (bicyclic) bond motifs is 1. The highest BCUT2D eigenvalue weighted by atomic mass is 16.5. The van der Waals surface area contributed by atoms with E-state index in [4.69, 9.17) is 15.3 Å². The van der Waals surface area contributed by atoms with Crippen molar-refractivity contribution in [2.24, 2.45) is 11.8 Å². The van der Waals surface area contributed by atoms with Crippen molar-refractivity contribution in [2.75, 3.05) is 19.8 Å². The summed E-state index contributed by atoms with van der Waals surface area (Å²) >= 11 is 0. The summed E-state index contributed by atoms with van der Waals surface area (Å²) in [7, 11) is 0. The summed E-state index contributed by atoms with van der Waals surface area (Å²) < 4.78 is 11.2. The van der Waals surface area contributed by atoms with Gasteiger partial charge in [-0.25, -0.2) is 0 Å². The zero-order valence-corrected chi connectivity index (χ0v) is 11.2. The topological polar surface area (TPSA) is 56.5 Å². The molecule has 4 heteroatoms. The van der Waals surface area contributed by atoms with E-state index < -0.39 is 0 Å². The molecule has 1 fully saturated rings. The standard InChI is InChI=1S/C15H22N2O2/c16-17-15(11-5-8-18-9-6-11)13-7-10-19-14-4-2-1-3-12(13)14/h1-4,11,13,15,17H,5-10,16H2. The van der Waals surface area contributed by atoms with Gasteiger partial charge in [0.15, 0.2) is 0 Å². The van der Waals surface area contributed by atoms with Gasteiger partial charge in [-0.1, -0.05) is 18.2 Å². The Morgan fingerprint density at radius 2 is 1.89 bits per heavy atom. The molecule has 2 aliphatic rings. The second-order valence-electron chi connectivity index (χ2n) is 5.42. The summed E-state index contributed by atoms with van der Waals surface area (Å²) in [5.74, 6) is 7.91. The Balaban J connectivity index is 1.83. The van der Waals surface area contributed by atoms with Gasteiger partial charge in [0.1, 0.15) is 5.75 Å². The lowest BCUT2D eigenvalue weighted by Gasteiger charge is -2.38. The van der Waals surface area contributed by atoms with Crippen LogP contribution in [0.2, 0.25) is 0 Å². The number of rotatable bonds is 3. The molecule has 0 radical (unpaired) electrons. The van der Waals surface area contributed by atoms with Crippen LogP contribution < -0.4 is 16.0 Å². The Labute approximate surface area is 114 Å². The summed E-state index contributed by atoms with van der Waals surface area (Å²) in [5, 5.41) is 0. The lowest BCUT2D eigenvalue weighted by molar-refractivity contribution is 0.0471. The zero-order chi connectivity index (χ0) is 13.1. The van der Waals surface area contributed by atoms with E-state index in [9.17, 15) is 0 Å². The lowest BCUT2D eigenvalue weighted by Crippen LogP contribution is -2.47. The van der Waals surface area contributed by atoms with Gasteiger partial charge in [0.25, 0.3) is 0 Å². The second kappa shape index (κ2) is 5.90. The van der Waals surface area contributed by atoms with Crippen molar-refractivity contribution in [3.63, 3.8) is 0 Å². The minimum Gasteiger partial charge on any atom is -0.493 e. The third kappa shape index (κ3) is 2.61. The molecule has 0 amide bonds. The second-order valence-corrected chi connectivity index (χ2v) is 5.42. The van der Waals surface area contributed by atoms with E-state index in [1.807, 2.05) is 6.07 Å². The van der Waals surface area contributed by atoms with Crippen molar-refractivity contribution in [1.29, 1.82) is 0 Å². The maximum Gasteiger partial charge on any atom is 0.122 e. The number of para-hydroxylation sites is 1. The molecule has 0 saturated carbocycles. The highest BCUT2D eigenvalue weighted by Crippen LogP contribution is 2.39. The number of nitrogens with two attached hydrogens (primary N) is 1. The number of hydrogen-bond acceptors (Lipinski definition) is 4. The van der Waals surface area contributed by atoms with Crippen molar-refractivity contribution >= 4 is 0 Å². The first-order valence-electron chi connectivity index (χ1n) is 7.15. The monoisotopic (exact) mass is 262 g/mol. The predicted molar refractivity (Wildman–Crippen MR) is 73.9 cm³/mol. The normalized spacial score (nSPS) is 25.4. The average Bonchev–Trinajstić information content (AvgIpc) is 2.49. The van der Waals surface area contributed by atoms with Gasteiger partial charge in [-0.2, -0.15) is 0 Å². The van der Waals surface area contributed by atoms with Crippen LogP contribution >= 0.6 is 0 Å². The highest BCUT2D eigenvalue weighted by Gasteiger charge is 2.34. The Morgan fingerprint density at radius 1 is 1.11 bits per heavy atom. The van der Waals surface area contributed by atoms with E-state index in [2.05, 4.69) is 23.6 Å². The van der Waals surface area contributed by atoms with Crippen LogP contribution in [0.25, 0.3) is 0 Å². The highest BCUT2D eigenvalue weighted by molar-refractivity contribution is 5.38. The number of nitrogens with one attached hydrogen (secondary N) is 1. The third-order valence-electron chi connectivity index (χ3n) is 4.40. The molecule has 1 saturated heterocycles. The van der Waals surface area contributed by atoms with E-state index in [-0.39, 0.29) is 0 Å². The van der Waals surface area contributed by atoms with Gasteiger partial charge in [-0.05, 0) is 36.8 Å². The minimum atomic E-state index is 0.314. The summed E-state index contributed by atoms with van der Waals surface area (Å²) in [6.45, 7) is 2.49. The van der Waals surface area contributed by atoms with Crippen LogP contribution in [-0.4, -0.2) is 25.9 Å². The first kappa shape index (κ1) is 12.9. The third-order valence-corrected chi connectivity index (χ3v) is 4.40. The molecule has 1 aromatic carbocycles. The maximum atomic E-state index is 5.86. The quantitative estimate of drug-likeness (QED) is 0.644. The summed E-state index contributed by atoms with van der Waals surface area (Å²) in [6.07, 6.45) is 3.21. The van der Waals surface area contributed by atoms with Gasteiger partial charge in [0.05, 0.1) is 6.61 Å². The molecule has 1 aromatic rings. The Bertz CT molecular complexity index is 418. The minimum absolute atomic E-state index is 0.314. The van der Waals surface area contributed by atoms with Gasteiger partial charge in [-0.15, -0.1) is 0 Å². The number of hydrazine groups is 1. The molecule has 2 unspecified atom stereocenters. The fourth-order valence-corrected chi connectivity index (χ4v) is 3.40. The molecule has 104 valence electrons. The van der Waals surface area contributed by atoms with E-state index in [0.29, 0.717) is 17.9 Å². The fourth-order valence-electron chi connectivity index (χ4n) is 3.40. The van der Waals surface area contributed by atoms with Gasteiger partial charge >= 0.3 is 0 Å². The van der Waals surface area contributed by atoms with E-state index in [1.54, 1.807) is 0 Å².